The number of carbonyl (C=O) groups excluding carboxylic acids is 2. The van der Waals surface area contributed by atoms with Gasteiger partial charge in [0.2, 0.25) is 11.8 Å². The van der Waals surface area contributed by atoms with E-state index in [1.165, 1.54) is 26.2 Å². The van der Waals surface area contributed by atoms with E-state index in [9.17, 15) is 9.59 Å². The zero-order chi connectivity index (χ0) is 19.3. The topological polar surface area (TPSA) is 79.5 Å². The average molecular weight is 417 g/mol. The summed E-state index contributed by atoms with van der Waals surface area (Å²) in [7, 11) is 1.51. The maximum absolute atomic E-state index is 12.2. The minimum absolute atomic E-state index is 0.0591. The van der Waals surface area contributed by atoms with Crippen molar-refractivity contribution >= 4 is 63.7 Å². The number of hydrogen-bond acceptors (Lipinski definition) is 4. The summed E-state index contributed by atoms with van der Waals surface area (Å²) in [4.78, 5) is 23.3. The molecule has 0 bridgehead atoms. The van der Waals surface area contributed by atoms with Gasteiger partial charge in [0.05, 0.1) is 40.1 Å². The Labute approximate surface area is 165 Å². The minimum atomic E-state index is -0.350. The van der Waals surface area contributed by atoms with E-state index in [1.807, 2.05) is 0 Å². The second-order valence-corrected chi connectivity index (χ2v) is 6.47. The summed E-state index contributed by atoms with van der Waals surface area (Å²) in [5.74, 6) is -0.0233. The van der Waals surface area contributed by atoms with Gasteiger partial charge >= 0.3 is 0 Å². The first-order chi connectivity index (χ1) is 12.3. The van der Waals surface area contributed by atoms with Gasteiger partial charge in [-0.2, -0.15) is 0 Å². The molecule has 0 saturated heterocycles. The lowest BCUT2D eigenvalue weighted by Gasteiger charge is -2.14. The van der Waals surface area contributed by atoms with E-state index < -0.39 is 0 Å². The fourth-order valence-corrected chi connectivity index (χ4v) is 2.71. The molecule has 138 valence electrons. The SMILES string of the molecule is COc1ccc(NC(C)=O)cc1NCC(=O)Nc1cc(Cl)c(Cl)cc1Cl. The summed E-state index contributed by atoms with van der Waals surface area (Å²) in [6.07, 6.45) is 0. The van der Waals surface area contributed by atoms with Crippen LogP contribution in [0.4, 0.5) is 17.1 Å². The highest BCUT2D eigenvalue weighted by Crippen LogP contribution is 2.32. The Balaban J connectivity index is 2.07. The van der Waals surface area contributed by atoms with Crippen LogP contribution in [0.2, 0.25) is 15.1 Å². The van der Waals surface area contributed by atoms with Gasteiger partial charge in [-0.05, 0) is 30.3 Å². The summed E-state index contributed by atoms with van der Waals surface area (Å²) in [5.41, 5.74) is 1.48. The van der Waals surface area contributed by atoms with Gasteiger partial charge in [-0.1, -0.05) is 34.8 Å². The molecule has 2 rings (SSSR count). The Hall–Kier alpha value is -2.15. The van der Waals surface area contributed by atoms with Crippen molar-refractivity contribution in [2.24, 2.45) is 0 Å². The normalized spacial score (nSPS) is 10.2. The minimum Gasteiger partial charge on any atom is -0.495 e. The maximum atomic E-state index is 12.2. The van der Waals surface area contributed by atoms with Crippen LogP contribution in [0.1, 0.15) is 6.92 Å². The number of anilines is 3. The number of hydrogen-bond donors (Lipinski definition) is 3. The summed E-state index contributed by atoms with van der Waals surface area (Å²) < 4.78 is 5.24. The van der Waals surface area contributed by atoms with Gasteiger partial charge in [-0.25, -0.2) is 0 Å². The molecule has 0 fully saturated rings. The van der Waals surface area contributed by atoms with Gasteiger partial charge < -0.3 is 20.7 Å². The number of benzene rings is 2. The fraction of sp³-hybridized carbons (Fsp3) is 0.176. The predicted molar refractivity (Wildman–Crippen MR) is 106 cm³/mol. The van der Waals surface area contributed by atoms with Gasteiger partial charge in [-0.3, -0.25) is 9.59 Å². The van der Waals surface area contributed by atoms with Crippen molar-refractivity contribution < 1.29 is 14.3 Å². The van der Waals surface area contributed by atoms with E-state index in [4.69, 9.17) is 39.5 Å². The van der Waals surface area contributed by atoms with Crippen molar-refractivity contribution in [3.63, 3.8) is 0 Å². The molecule has 3 N–H and O–H groups in total. The molecule has 0 aliphatic carbocycles. The zero-order valence-electron chi connectivity index (χ0n) is 14.0. The first-order valence-electron chi connectivity index (χ1n) is 7.44. The third-order valence-corrected chi connectivity index (χ3v) is 4.28. The van der Waals surface area contributed by atoms with Crippen LogP contribution in [0.25, 0.3) is 0 Å². The maximum Gasteiger partial charge on any atom is 0.243 e. The van der Waals surface area contributed by atoms with Crippen molar-refractivity contribution in [3.8, 4) is 5.75 Å². The number of halogens is 3. The van der Waals surface area contributed by atoms with Gasteiger partial charge in [0, 0.05) is 12.6 Å². The van der Waals surface area contributed by atoms with Crippen molar-refractivity contribution in [3.05, 3.63) is 45.4 Å². The molecule has 0 radical (unpaired) electrons. The molecule has 0 aromatic heterocycles. The lowest BCUT2D eigenvalue weighted by Crippen LogP contribution is -2.22. The molecule has 0 saturated carbocycles. The predicted octanol–water partition coefficient (Wildman–Crippen LogP) is 4.66. The van der Waals surface area contributed by atoms with E-state index in [-0.39, 0.29) is 28.4 Å². The third-order valence-electron chi connectivity index (χ3n) is 3.24. The Bertz CT molecular complexity index is 843. The van der Waals surface area contributed by atoms with Crippen LogP contribution in [-0.4, -0.2) is 25.5 Å². The molecular weight excluding hydrogens is 401 g/mol. The van der Waals surface area contributed by atoms with Crippen molar-refractivity contribution in [1.29, 1.82) is 0 Å². The van der Waals surface area contributed by atoms with Gasteiger partial charge in [0.15, 0.2) is 0 Å². The summed E-state index contributed by atoms with van der Waals surface area (Å²) in [5, 5.41) is 9.12. The molecule has 0 unspecified atom stereocenters. The highest BCUT2D eigenvalue weighted by atomic mass is 35.5. The quantitative estimate of drug-likeness (QED) is 0.598. The second kappa shape index (κ2) is 8.98. The molecule has 0 aliphatic rings. The summed E-state index contributed by atoms with van der Waals surface area (Å²) in [6.45, 7) is 1.35. The average Bonchev–Trinajstić information content (AvgIpc) is 2.57. The molecule has 0 aliphatic heterocycles. The Morgan fingerprint density at radius 1 is 0.962 bits per heavy atom. The third kappa shape index (κ3) is 5.42. The molecule has 2 aromatic carbocycles. The number of ether oxygens (including phenoxy) is 1. The van der Waals surface area contributed by atoms with Gasteiger partial charge in [0.1, 0.15) is 5.75 Å². The molecule has 9 heteroatoms. The first kappa shape index (κ1) is 20.2. The Kier molecular flexibility index (Phi) is 6.97. The van der Waals surface area contributed by atoms with Crippen molar-refractivity contribution in [2.45, 2.75) is 6.92 Å². The first-order valence-corrected chi connectivity index (χ1v) is 8.57. The van der Waals surface area contributed by atoms with Crippen LogP contribution in [-0.2, 0) is 9.59 Å². The van der Waals surface area contributed by atoms with E-state index in [0.29, 0.717) is 27.8 Å². The number of rotatable bonds is 6. The smallest absolute Gasteiger partial charge is 0.243 e. The van der Waals surface area contributed by atoms with Gasteiger partial charge in [-0.15, -0.1) is 0 Å². The largest absolute Gasteiger partial charge is 0.495 e. The van der Waals surface area contributed by atoms with Crippen LogP contribution >= 0.6 is 34.8 Å². The number of amides is 2. The van der Waals surface area contributed by atoms with E-state index in [0.717, 1.165) is 0 Å². The van der Waals surface area contributed by atoms with E-state index >= 15 is 0 Å². The summed E-state index contributed by atoms with van der Waals surface area (Å²) >= 11 is 17.8. The second-order valence-electron chi connectivity index (χ2n) is 5.24. The van der Waals surface area contributed by atoms with E-state index in [2.05, 4.69) is 16.0 Å². The Morgan fingerprint density at radius 2 is 1.65 bits per heavy atom. The van der Waals surface area contributed by atoms with Crippen LogP contribution in [0, 0.1) is 0 Å². The van der Waals surface area contributed by atoms with E-state index in [1.54, 1.807) is 18.2 Å². The van der Waals surface area contributed by atoms with Crippen LogP contribution < -0.4 is 20.7 Å². The molecule has 0 atom stereocenters. The number of methoxy groups -OCH3 is 1. The monoisotopic (exact) mass is 415 g/mol. The molecule has 6 nitrogen and oxygen atoms in total. The number of carbonyl (C=O) groups is 2. The molecule has 2 amide bonds. The van der Waals surface area contributed by atoms with Crippen molar-refractivity contribution in [2.75, 3.05) is 29.6 Å². The van der Waals surface area contributed by atoms with Crippen LogP contribution in [0.3, 0.4) is 0 Å². The molecule has 0 spiro atoms. The molecule has 2 aromatic rings. The van der Waals surface area contributed by atoms with Crippen LogP contribution in [0.5, 0.6) is 5.75 Å². The highest BCUT2D eigenvalue weighted by Gasteiger charge is 2.11. The lowest BCUT2D eigenvalue weighted by atomic mass is 10.2. The van der Waals surface area contributed by atoms with Gasteiger partial charge in [0.25, 0.3) is 0 Å². The molecule has 0 heterocycles. The highest BCUT2D eigenvalue weighted by molar-refractivity contribution is 6.44. The zero-order valence-corrected chi connectivity index (χ0v) is 16.2. The lowest BCUT2D eigenvalue weighted by molar-refractivity contribution is -0.115. The fourth-order valence-electron chi connectivity index (χ4n) is 2.12. The number of nitrogens with one attached hydrogen (secondary N) is 3. The van der Waals surface area contributed by atoms with Crippen molar-refractivity contribution in [1.82, 2.24) is 0 Å². The molecular formula is C17H16Cl3N3O3. The standard InChI is InChI=1S/C17H16Cl3N3O3/c1-9(24)22-10-3-4-16(26-2)15(5-10)21-8-17(25)23-14-7-12(19)11(18)6-13(14)20/h3-7,21H,8H2,1-2H3,(H,22,24)(H,23,25). The Morgan fingerprint density at radius 3 is 2.31 bits per heavy atom. The van der Waals surface area contributed by atoms with Crippen LogP contribution in [0.15, 0.2) is 30.3 Å². The summed E-state index contributed by atoms with van der Waals surface area (Å²) in [6, 6.07) is 7.97. The molecule has 26 heavy (non-hydrogen) atoms.